The number of carbonyl (C=O) groups excluding carboxylic acids is 1. The molecule has 7 nitrogen and oxygen atoms in total. The normalized spacial score (nSPS) is 10.7. The second kappa shape index (κ2) is 4.79. The Balaban J connectivity index is 2.21. The van der Waals surface area contributed by atoms with E-state index in [-0.39, 0.29) is 5.69 Å². The van der Waals surface area contributed by atoms with Crippen molar-refractivity contribution < 1.29 is 4.79 Å². The smallest absolute Gasteiger partial charge is 0.285 e. The third kappa shape index (κ3) is 2.22. The molecule has 3 N–H and O–H groups in total. The summed E-state index contributed by atoms with van der Waals surface area (Å²) in [6.07, 6.45) is 1.68. The molecule has 0 aliphatic heterocycles. The molecular weight excluding hydrogens is 256 g/mol. The van der Waals surface area contributed by atoms with Gasteiger partial charge in [0.05, 0.1) is 16.4 Å². The minimum Gasteiger partial charge on any atom is -0.289 e. The van der Waals surface area contributed by atoms with Gasteiger partial charge in [0.15, 0.2) is 5.69 Å². The first kappa shape index (κ1) is 12.6. The molecule has 1 amide bonds. The van der Waals surface area contributed by atoms with Crippen LogP contribution in [0.15, 0.2) is 12.3 Å². The van der Waals surface area contributed by atoms with Crippen LogP contribution in [0.3, 0.4) is 0 Å². The van der Waals surface area contributed by atoms with E-state index in [1.54, 1.807) is 21.6 Å². The van der Waals surface area contributed by atoms with Gasteiger partial charge in [0.2, 0.25) is 0 Å². The lowest BCUT2D eigenvalue weighted by Crippen LogP contribution is -2.30. The predicted molar refractivity (Wildman–Crippen MR) is 66.0 cm³/mol. The number of hydrogen-bond acceptors (Lipinski definition) is 4. The molecule has 0 bridgehead atoms. The maximum absolute atomic E-state index is 11.2. The van der Waals surface area contributed by atoms with Crippen molar-refractivity contribution in [2.45, 2.75) is 20.5 Å². The maximum Gasteiger partial charge on any atom is 0.285 e. The fraction of sp³-hybridized carbons (Fsp3) is 0.300. The topological polar surface area (TPSA) is 90.8 Å². The molecule has 2 aromatic rings. The van der Waals surface area contributed by atoms with E-state index in [0.717, 1.165) is 11.4 Å². The van der Waals surface area contributed by atoms with Crippen LogP contribution in [0.5, 0.6) is 0 Å². The Morgan fingerprint density at radius 2 is 2.22 bits per heavy atom. The van der Waals surface area contributed by atoms with E-state index in [9.17, 15) is 4.79 Å². The van der Waals surface area contributed by atoms with E-state index in [1.165, 1.54) is 0 Å². The molecule has 2 rings (SSSR count). The molecule has 0 saturated heterocycles. The number of carbonyl (C=O) groups is 1. The number of hydrogen-bond donors (Lipinski definition) is 2. The molecule has 96 valence electrons. The van der Waals surface area contributed by atoms with E-state index in [1.807, 2.05) is 19.3 Å². The number of nitrogens with zero attached hydrogens (tertiary/aromatic N) is 4. The zero-order valence-electron chi connectivity index (χ0n) is 10.0. The lowest BCUT2D eigenvalue weighted by Gasteiger charge is -2.04. The van der Waals surface area contributed by atoms with E-state index < -0.39 is 5.91 Å². The van der Waals surface area contributed by atoms with Gasteiger partial charge in [-0.05, 0) is 19.9 Å². The van der Waals surface area contributed by atoms with Gasteiger partial charge in [-0.3, -0.25) is 14.9 Å². The van der Waals surface area contributed by atoms with Gasteiger partial charge in [-0.25, -0.2) is 10.5 Å². The Morgan fingerprint density at radius 1 is 1.50 bits per heavy atom. The number of aromatic nitrogens is 4. The van der Waals surface area contributed by atoms with Gasteiger partial charge in [0.1, 0.15) is 6.67 Å². The number of rotatable bonds is 3. The average Bonchev–Trinajstić information content (AvgIpc) is 2.91. The number of nitrogen functional groups attached to an aromatic ring is 1. The van der Waals surface area contributed by atoms with Crippen molar-refractivity contribution in [2.24, 2.45) is 5.84 Å². The summed E-state index contributed by atoms with van der Waals surface area (Å²) in [6.45, 7) is 4.10. The molecule has 0 aromatic carbocycles. The Hall–Kier alpha value is -1.86. The summed E-state index contributed by atoms with van der Waals surface area (Å²) in [4.78, 5) is 11.2. The third-order valence-corrected chi connectivity index (χ3v) is 3.12. The first-order chi connectivity index (χ1) is 8.52. The SMILES string of the molecule is Cc1nn(Cn2ccc(C(=O)NN)n2)c(C)c1Cl. The standard InChI is InChI=1S/C10H13ClN6O/c1-6-9(11)7(2)17(14-6)5-16-4-3-8(15-16)10(18)13-12/h3-4H,5,12H2,1-2H3,(H,13,18). The van der Waals surface area contributed by atoms with Crippen molar-refractivity contribution in [1.82, 2.24) is 25.0 Å². The van der Waals surface area contributed by atoms with Crippen LogP contribution in [-0.4, -0.2) is 25.5 Å². The molecule has 18 heavy (non-hydrogen) atoms. The highest BCUT2D eigenvalue weighted by molar-refractivity contribution is 6.31. The largest absolute Gasteiger partial charge is 0.289 e. The third-order valence-electron chi connectivity index (χ3n) is 2.58. The highest BCUT2D eigenvalue weighted by Crippen LogP contribution is 2.18. The summed E-state index contributed by atoms with van der Waals surface area (Å²) in [5.41, 5.74) is 3.90. The Morgan fingerprint density at radius 3 is 2.78 bits per heavy atom. The van der Waals surface area contributed by atoms with Crippen LogP contribution < -0.4 is 11.3 Å². The van der Waals surface area contributed by atoms with Gasteiger partial charge >= 0.3 is 0 Å². The molecule has 0 fully saturated rings. The Bertz CT molecular complexity index is 587. The van der Waals surface area contributed by atoms with Gasteiger partial charge in [-0.15, -0.1) is 0 Å². The van der Waals surface area contributed by atoms with Gasteiger partial charge in [-0.2, -0.15) is 10.2 Å². The first-order valence-electron chi connectivity index (χ1n) is 5.27. The monoisotopic (exact) mass is 268 g/mol. The van der Waals surface area contributed by atoms with Crippen molar-refractivity contribution in [3.8, 4) is 0 Å². The number of nitrogens with one attached hydrogen (secondary N) is 1. The molecule has 0 aliphatic carbocycles. The molecule has 2 heterocycles. The fourth-order valence-corrected chi connectivity index (χ4v) is 1.72. The molecule has 2 aromatic heterocycles. The van der Waals surface area contributed by atoms with Gasteiger partial charge in [0, 0.05) is 6.20 Å². The maximum atomic E-state index is 11.2. The lowest BCUT2D eigenvalue weighted by molar-refractivity contribution is 0.0947. The quantitative estimate of drug-likeness (QED) is 0.481. The van der Waals surface area contributed by atoms with E-state index in [2.05, 4.69) is 10.2 Å². The molecule has 0 spiro atoms. The van der Waals surface area contributed by atoms with Crippen LogP contribution in [0, 0.1) is 13.8 Å². The van der Waals surface area contributed by atoms with E-state index in [0.29, 0.717) is 11.7 Å². The fourth-order valence-electron chi connectivity index (χ4n) is 1.59. The minimum atomic E-state index is -0.430. The minimum absolute atomic E-state index is 0.255. The zero-order chi connectivity index (χ0) is 13.3. The van der Waals surface area contributed by atoms with Crippen molar-refractivity contribution >= 4 is 17.5 Å². The van der Waals surface area contributed by atoms with Crippen molar-refractivity contribution in [3.05, 3.63) is 34.4 Å². The van der Waals surface area contributed by atoms with Gasteiger partial charge in [-0.1, -0.05) is 11.6 Å². The summed E-state index contributed by atoms with van der Waals surface area (Å²) in [6, 6.07) is 1.58. The van der Waals surface area contributed by atoms with Crippen LogP contribution in [-0.2, 0) is 6.67 Å². The number of hydrazine groups is 1. The molecule has 0 aliphatic rings. The molecule has 8 heteroatoms. The highest BCUT2D eigenvalue weighted by atomic mass is 35.5. The van der Waals surface area contributed by atoms with Crippen molar-refractivity contribution in [3.63, 3.8) is 0 Å². The van der Waals surface area contributed by atoms with Gasteiger partial charge < -0.3 is 0 Å². The molecule has 0 unspecified atom stereocenters. The Kier molecular flexibility index (Phi) is 3.35. The second-order valence-electron chi connectivity index (χ2n) is 3.84. The first-order valence-corrected chi connectivity index (χ1v) is 5.64. The van der Waals surface area contributed by atoms with E-state index >= 15 is 0 Å². The number of nitrogens with two attached hydrogens (primary N) is 1. The van der Waals surface area contributed by atoms with Crippen LogP contribution in [0.4, 0.5) is 0 Å². The highest BCUT2D eigenvalue weighted by Gasteiger charge is 2.11. The summed E-state index contributed by atoms with van der Waals surface area (Å²) < 4.78 is 3.30. The lowest BCUT2D eigenvalue weighted by atomic mass is 10.4. The van der Waals surface area contributed by atoms with Crippen LogP contribution in [0.25, 0.3) is 0 Å². The van der Waals surface area contributed by atoms with Crippen LogP contribution in [0.1, 0.15) is 21.9 Å². The molecule has 0 atom stereocenters. The number of amides is 1. The number of halogens is 1. The number of aryl methyl sites for hydroxylation is 1. The predicted octanol–water partition coefficient (Wildman–Crippen LogP) is 0.459. The van der Waals surface area contributed by atoms with Crippen molar-refractivity contribution in [1.29, 1.82) is 0 Å². The summed E-state index contributed by atoms with van der Waals surface area (Å²) >= 11 is 6.05. The van der Waals surface area contributed by atoms with Crippen LogP contribution in [0.2, 0.25) is 5.02 Å². The summed E-state index contributed by atoms with van der Waals surface area (Å²) in [5, 5.41) is 9.00. The Labute approximate surface area is 108 Å². The molecular formula is C10H13ClN6O. The van der Waals surface area contributed by atoms with Crippen molar-refractivity contribution in [2.75, 3.05) is 0 Å². The molecule has 0 radical (unpaired) electrons. The molecule has 0 saturated carbocycles. The second-order valence-corrected chi connectivity index (χ2v) is 4.22. The van der Waals surface area contributed by atoms with Crippen LogP contribution >= 0.6 is 11.6 Å². The van der Waals surface area contributed by atoms with Gasteiger partial charge in [0.25, 0.3) is 5.91 Å². The van der Waals surface area contributed by atoms with E-state index in [4.69, 9.17) is 17.4 Å². The zero-order valence-corrected chi connectivity index (χ0v) is 10.8. The average molecular weight is 269 g/mol. The summed E-state index contributed by atoms with van der Waals surface area (Å²) in [7, 11) is 0. The summed E-state index contributed by atoms with van der Waals surface area (Å²) in [5.74, 6) is 4.60.